The fourth-order valence-corrected chi connectivity index (χ4v) is 5.06. The summed E-state index contributed by atoms with van der Waals surface area (Å²) >= 11 is 6.03. The number of sulfonamides is 1. The topological polar surface area (TPSA) is 72.2 Å². The van der Waals surface area contributed by atoms with Crippen molar-refractivity contribution in [2.24, 2.45) is 11.1 Å². The van der Waals surface area contributed by atoms with E-state index in [9.17, 15) is 8.42 Å². The van der Waals surface area contributed by atoms with Crippen molar-refractivity contribution in [2.75, 3.05) is 0 Å². The van der Waals surface area contributed by atoms with Gasteiger partial charge in [0.05, 0.1) is 4.90 Å². The number of benzene rings is 1. The van der Waals surface area contributed by atoms with Crippen LogP contribution >= 0.6 is 11.6 Å². The van der Waals surface area contributed by atoms with Crippen LogP contribution in [0, 0.1) is 12.3 Å². The number of hydrogen-bond acceptors (Lipinski definition) is 3. The van der Waals surface area contributed by atoms with Crippen molar-refractivity contribution in [3.8, 4) is 0 Å². The molecule has 0 aromatic heterocycles. The summed E-state index contributed by atoms with van der Waals surface area (Å²) in [7, 11) is -3.59. The van der Waals surface area contributed by atoms with Crippen molar-refractivity contribution in [3.63, 3.8) is 0 Å². The van der Waals surface area contributed by atoms with E-state index in [1.165, 1.54) is 6.07 Å². The molecule has 0 bridgehead atoms. The largest absolute Gasteiger partial charge is 0.326 e. The lowest BCUT2D eigenvalue weighted by Gasteiger charge is -2.28. The van der Waals surface area contributed by atoms with Gasteiger partial charge in [0.15, 0.2) is 0 Å². The predicted octanol–water partition coefficient (Wildman–Crippen LogP) is 2.96. The Morgan fingerprint density at radius 3 is 2.62 bits per heavy atom. The van der Waals surface area contributed by atoms with Gasteiger partial charge in [-0.2, -0.15) is 0 Å². The van der Waals surface area contributed by atoms with Crippen molar-refractivity contribution in [1.29, 1.82) is 0 Å². The van der Waals surface area contributed by atoms with Crippen LogP contribution in [0.2, 0.25) is 5.02 Å². The number of nitrogens with one attached hydrogen (secondary N) is 1. The van der Waals surface area contributed by atoms with Crippen LogP contribution in [-0.4, -0.2) is 14.5 Å². The summed E-state index contributed by atoms with van der Waals surface area (Å²) in [6.07, 6.45) is 2.95. The summed E-state index contributed by atoms with van der Waals surface area (Å²) in [6.45, 7) is 6.24. The lowest BCUT2D eigenvalue weighted by Crippen LogP contribution is -2.41. The zero-order valence-electron chi connectivity index (χ0n) is 12.7. The fraction of sp³-hybridized carbons (Fsp3) is 0.600. The van der Waals surface area contributed by atoms with E-state index in [0.717, 1.165) is 24.8 Å². The van der Waals surface area contributed by atoms with Crippen molar-refractivity contribution < 1.29 is 8.42 Å². The first-order valence-electron chi connectivity index (χ1n) is 7.19. The van der Waals surface area contributed by atoms with E-state index >= 15 is 0 Å². The second kappa shape index (κ2) is 5.88. The Hall–Kier alpha value is -0.620. The zero-order valence-corrected chi connectivity index (χ0v) is 14.3. The molecule has 0 heterocycles. The molecule has 1 aliphatic carbocycles. The summed E-state index contributed by atoms with van der Waals surface area (Å²) in [6, 6.07) is 3.18. The summed E-state index contributed by atoms with van der Waals surface area (Å²) in [5.41, 5.74) is 7.08. The van der Waals surface area contributed by atoms with Gasteiger partial charge in [0.1, 0.15) is 0 Å². The maximum Gasteiger partial charge on any atom is 0.241 e. The quantitative estimate of drug-likeness (QED) is 0.891. The second-order valence-electron chi connectivity index (χ2n) is 6.45. The van der Waals surface area contributed by atoms with E-state index in [4.69, 9.17) is 17.3 Å². The minimum absolute atomic E-state index is 0.0176. The molecule has 2 rings (SSSR count). The SMILES string of the molecule is Cc1c(CN)cc(Cl)cc1S(=O)(=O)NC1CCCC1(C)C. The molecule has 6 heteroatoms. The molecule has 1 aromatic carbocycles. The predicted molar refractivity (Wildman–Crippen MR) is 85.8 cm³/mol. The first-order valence-corrected chi connectivity index (χ1v) is 9.05. The van der Waals surface area contributed by atoms with Crippen LogP contribution in [-0.2, 0) is 16.6 Å². The molecular formula is C15H23ClN2O2S. The molecule has 1 fully saturated rings. The molecule has 4 nitrogen and oxygen atoms in total. The zero-order chi connectivity index (χ0) is 15.8. The van der Waals surface area contributed by atoms with E-state index in [2.05, 4.69) is 18.6 Å². The molecule has 3 N–H and O–H groups in total. The van der Waals surface area contributed by atoms with Crippen molar-refractivity contribution in [2.45, 2.75) is 57.5 Å². The van der Waals surface area contributed by atoms with Crippen molar-refractivity contribution in [1.82, 2.24) is 4.72 Å². The number of hydrogen-bond donors (Lipinski definition) is 2. The van der Waals surface area contributed by atoms with Gasteiger partial charge in [-0.05, 0) is 48.4 Å². The smallest absolute Gasteiger partial charge is 0.241 e. The second-order valence-corrected chi connectivity index (χ2v) is 8.57. The van der Waals surface area contributed by atoms with Crippen LogP contribution in [0.1, 0.15) is 44.2 Å². The Bertz CT molecular complexity index is 641. The Labute approximate surface area is 132 Å². The fourth-order valence-electron chi connectivity index (χ4n) is 3.00. The Morgan fingerprint density at radius 2 is 2.10 bits per heavy atom. The number of rotatable bonds is 4. The standard InChI is InChI=1S/C15H23ClN2O2S/c1-10-11(9-17)7-12(16)8-13(10)21(19,20)18-14-5-4-6-15(14,2)3/h7-8,14,18H,4-6,9,17H2,1-3H3. The lowest BCUT2D eigenvalue weighted by atomic mass is 9.88. The molecule has 1 saturated carbocycles. The van der Waals surface area contributed by atoms with Gasteiger partial charge < -0.3 is 5.73 Å². The average molecular weight is 331 g/mol. The highest BCUT2D eigenvalue weighted by atomic mass is 35.5. The van der Waals surface area contributed by atoms with Gasteiger partial charge in [-0.1, -0.05) is 31.9 Å². The van der Waals surface area contributed by atoms with Gasteiger partial charge in [0.2, 0.25) is 10.0 Å². The van der Waals surface area contributed by atoms with E-state index in [0.29, 0.717) is 10.6 Å². The lowest BCUT2D eigenvalue weighted by molar-refractivity contribution is 0.313. The third-order valence-electron chi connectivity index (χ3n) is 4.50. The molecule has 0 saturated heterocycles. The molecule has 1 aromatic rings. The molecular weight excluding hydrogens is 308 g/mol. The molecule has 1 unspecified atom stereocenters. The molecule has 0 radical (unpaired) electrons. The van der Waals surface area contributed by atoms with Crippen LogP contribution in [0.5, 0.6) is 0 Å². The van der Waals surface area contributed by atoms with Gasteiger partial charge in [-0.3, -0.25) is 0 Å². The van der Waals surface area contributed by atoms with Gasteiger partial charge in [0, 0.05) is 17.6 Å². The third-order valence-corrected chi connectivity index (χ3v) is 6.31. The Kier molecular flexibility index (Phi) is 4.69. The van der Waals surface area contributed by atoms with E-state index < -0.39 is 10.0 Å². The highest BCUT2D eigenvalue weighted by molar-refractivity contribution is 7.89. The van der Waals surface area contributed by atoms with Crippen molar-refractivity contribution in [3.05, 3.63) is 28.3 Å². The third kappa shape index (κ3) is 3.42. The van der Waals surface area contributed by atoms with Crippen LogP contribution in [0.25, 0.3) is 0 Å². The first kappa shape index (κ1) is 16.7. The Morgan fingerprint density at radius 1 is 1.43 bits per heavy atom. The molecule has 118 valence electrons. The number of halogens is 1. The molecule has 21 heavy (non-hydrogen) atoms. The van der Waals surface area contributed by atoms with Crippen molar-refractivity contribution >= 4 is 21.6 Å². The Balaban J connectivity index is 2.38. The summed E-state index contributed by atoms with van der Waals surface area (Å²) < 4.78 is 28.3. The van der Waals surface area contributed by atoms with E-state index in [-0.39, 0.29) is 22.9 Å². The summed E-state index contributed by atoms with van der Waals surface area (Å²) in [5, 5.41) is 0.395. The normalized spacial score (nSPS) is 21.7. The highest BCUT2D eigenvalue weighted by Crippen LogP contribution is 2.38. The summed E-state index contributed by atoms with van der Waals surface area (Å²) in [4.78, 5) is 0.234. The molecule has 0 aliphatic heterocycles. The van der Waals surface area contributed by atoms with Gasteiger partial charge in [-0.25, -0.2) is 13.1 Å². The molecule has 0 amide bonds. The van der Waals surface area contributed by atoms with E-state index in [1.807, 2.05) is 0 Å². The highest BCUT2D eigenvalue weighted by Gasteiger charge is 2.37. The molecule has 0 spiro atoms. The van der Waals surface area contributed by atoms with Gasteiger partial charge in [0.25, 0.3) is 0 Å². The minimum Gasteiger partial charge on any atom is -0.326 e. The summed E-state index contributed by atoms with van der Waals surface area (Å²) in [5.74, 6) is 0. The first-order chi connectivity index (χ1) is 9.67. The van der Waals surface area contributed by atoms with Crippen LogP contribution in [0.3, 0.4) is 0 Å². The van der Waals surface area contributed by atoms with E-state index in [1.54, 1.807) is 13.0 Å². The van der Waals surface area contributed by atoms with Crippen LogP contribution in [0.4, 0.5) is 0 Å². The average Bonchev–Trinajstić information content (AvgIpc) is 2.70. The maximum atomic E-state index is 12.7. The molecule has 1 atom stereocenters. The molecule has 1 aliphatic rings. The maximum absolute atomic E-state index is 12.7. The monoisotopic (exact) mass is 330 g/mol. The van der Waals surface area contributed by atoms with Gasteiger partial charge in [-0.15, -0.1) is 0 Å². The van der Waals surface area contributed by atoms with Gasteiger partial charge >= 0.3 is 0 Å². The number of nitrogens with two attached hydrogens (primary N) is 1. The minimum atomic E-state index is -3.59. The van der Waals surface area contributed by atoms with Crippen LogP contribution in [0.15, 0.2) is 17.0 Å². The van der Waals surface area contributed by atoms with Crippen LogP contribution < -0.4 is 10.5 Å².